The fourth-order valence-corrected chi connectivity index (χ4v) is 7.54. The predicted octanol–water partition coefficient (Wildman–Crippen LogP) is 6.05. The minimum atomic E-state index is 0. The monoisotopic (exact) mass is 708 g/mol. The van der Waals surface area contributed by atoms with Gasteiger partial charge in [-0.15, -0.1) is 0 Å². The lowest BCUT2D eigenvalue weighted by Gasteiger charge is -2.28. The summed E-state index contributed by atoms with van der Waals surface area (Å²) in [4.78, 5) is 3.85. The Morgan fingerprint density at radius 1 is 0.543 bits per heavy atom. The SMILES string of the molecule is Cc1ccccc1[NH+]1C=CN(c2c3c(cc4c5ccccc5n(-c5ccccc5)c24)c2ccccc2n3-c2ccccc2)[C@@H]1C.[I-]. The number of nitrogens with zero attached hydrogens (tertiary/aromatic N) is 3. The van der Waals surface area contributed by atoms with E-state index in [-0.39, 0.29) is 30.1 Å². The smallest absolute Gasteiger partial charge is 0.173 e. The van der Waals surface area contributed by atoms with Gasteiger partial charge in [0.1, 0.15) is 11.9 Å². The normalized spacial score (nSPS) is 16.2. The van der Waals surface area contributed by atoms with Crippen LogP contribution in [0.2, 0.25) is 0 Å². The molecule has 6 aromatic carbocycles. The van der Waals surface area contributed by atoms with Crippen LogP contribution in [0, 0.1) is 6.92 Å². The molecule has 46 heavy (non-hydrogen) atoms. The number of quaternary nitrogens is 1. The molecule has 3 heterocycles. The van der Waals surface area contributed by atoms with Gasteiger partial charge < -0.3 is 33.1 Å². The van der Waals surface area contributed by atoms with Crippen molar-refractivity contribution < 1.29 is 28.9 Å². The first-order valence-corrected chi connectivity index (χ1v) is 15.7. The van der Waals surface area contributed by atoms with Gasteiger partial charge in [0.2, 0.25) is 0 Å². The van der Waals surface area contributed by atoms with Gasteiger partial charge in [0.15, 0.2) is 6.17 Å². The molecule has 0 saturated heterocycles. The van der Waals surface area contributed by atoms with Crippen molar-refractivity contribution in [3.63, 3.8) is 0 Å². The predicted molar refractivity (Wildman–Crippen MR) is 188 cm³/mol. The Labute approximate surface area is 285 Å². The molecule has 8 aromatic rings. The lowest BCUT2D eigenvalue weighted by atomic mass is 10.1. The summed E-state index contributed by atoms with van der Waals surface area (Å²) in [6.45, 7) is 4.56. The highest BCUT2D eigenvalue weighted by Crippen LogP contribution is 2.47. The fraction of sp³-hybridized carbons (Fsp3) is 0.0732. The number of fused-ring (bicyclic) bond motifs is 6. The van der Waals surface area contributed by atoms with Gasteiger partial charge in [0.05, 0.1) is 34.0 Å². The number of anilines is 1. The quantitative estimate of drug-likeness (QED) is 0.221. The number of benzene rings is 6. The molecule has 0 amide bonds. The van der Waals surface area contributed by atoms with E-state index in [1.165, 1.54) is 65.4 Å². The van der Waals surface area contributed by atoms with Gasteiger partial charge in [-0.3, -0.25) is 9.80 Å². The van der Waals surface area contributed by atoms with E-state index in [2.05, 4.69) is 180 Å². The van der Waals surface area contributed by atoms with Crippen molar-refractivity contribution in [2.75, 3.05) is 4.90 Å². The third-order valence-corrected chi connectivity index (χ3v) is 9.59. The van der Waals surface area contributed by atoms with Gasteiger partial charge in [-0.05, 0) is 55.5 Å². The molecular formula is C41H33IN4. The molecule has 1 unspecified atom stereocenters. The van der Waals surface area contributed by atoms with E-state index in [4.69, 9.17) is 0 Å². The molecule has 0 saturated carbocycles. The van der Waals surface area contributed by atoms with Crippen LogP contribution in [-0.2, 0) is 0 Å². The molecule has 1 aliphatic heterocycles. The molecule has 0 fully saturated rings. The average Bonchev–Trinajstić information content (AvgIpc) is 3.74. The number of aromatic nitrogens is 2. The summed E-state index contributed by atoms with van der Waals surface area (Å²) in [6.07, 6.45) is 4.76. The first-order chi connectivity index (χ1) is 22.2. The minimum absolute atomic E-state index is 0. The standard InChI is InChI=1S/C41H32N4.HI/c1-28-15-9-12-22-36(28)42-25-26-43(29(42)2)41-39-34(32-20-10-13-23-37(32)44(39)30-16-5-3-6-17-30)27-35-33-21-11-14-24-38(33)45(40(35)41)31-18-7-4-8-19-31;/h3-27,29H,1-2H3;1H/t29-;/m1./s1. The Hall–Kier alpha value is -4.85. The second-order valence-corrected chi connectivity index (χ2v) is 12.1. The lowest BCUT2D eigenvalue weighted by molar-refractivity contribution is -0.795. The number of hydrogen-bond donors (Lipinski definition) is 1. The van der Waals surface area contributed by atoms with E-state index in [0.29, 0.717) is 0 Å². The molecule has 1 N–H and O–H groups in total. The number of rotatable bonds is 4. The topological polar surface area (TPSA) is 17.5 Å². The molecule has 2 atom stereocenters. The number of hydrogen-bond acceptors (Lipinski definition) is 1. The molecule has 1 aliphatic rings. The van der Waals surface area contributed by atoms with Crippen molar-refractivity contribution in [2.45, 2.75) is 20.0 Å². The Balaban J connectivity index is 0.00000312. The Morgan fingerprint density at radius 3 is 1.57 bits per heavy atom. The second kappa shape index (κ2) is 11.2. The highest BCUT2D eigenvalue weighted by Gasteiger charge is 2.35. The van der Waals surface area contributed by atoms with Crippen LogP contribution >= 0.6 is 0 Å². The third kappa shape index (κ3) is 4.15. The molecule has 0 spiro atoms. The van der Waals surface area contributed by atoms with Crippen LogP contribution in [0.3, 0.4) is 0 Å². The number of aryl methyl sites for hydroxylation is 1. The van der Waals surface area contributed by atoms with Crippen LogP contribution in [0.4, 0.5) is 11.4 Å². The zero-order valence-electron chi connectivity index (χ0n) is 25.7. The van der Waals surface area contributed by atoms with Crippen LogP contribution in [0.1, 0.15) is 12.5 Å². The molecule has 0 bridgehead atoms. The van der Waals surface area contributed by atoms with Crippen molar-refractivity contribution >= 4 is 55.0 Å². The summed E-state index contributed by atoms with van der Waals surface area (Å²) < 4.78 is 4.94. The highest BCUT2D eigenvalue weighted by molar-refractivity contribution is 6.25. The molecule has 0 aliphatic carbocycles. The van der Waals surface area contributed by atoms with Gasteiger partial charge in [-0.2, -0.15) is 0 Å². The van der Waals surface area contributed by atoms with Crippen LogP contribution in [0.25, 0.3) is 55.0 Å². The summed E-state index contributed by atoms with van der Waals surface area (Å²) in [6, 6.07) is 50.5. The molecule has 224 valence electrons. The summed E-state index contributed by atoms with van der Waals surface area (Å²) in [5.74, 6) is 0. The third-order valence-electron chi connectivity index (χ3n) is 9.59. The van der Waals surface area contributed by atoms with Gasteiger partial charge in [0, 0.05) is 45.4 Å². The first kappa shape index (κ1) is 28.6. The first-order valence-electron chi connectivity index (χ1n) is 15.7. The van der Waals surface area contributed by atoms with Crippen molar-refractivity contribution in [3.8, 4) is 11.4 Å². The molecule has 9 rings (SSSR count). The van der Waals surface area contributed by atoms with Crippen molar-refractivity contribution in [1.82, 2.24) is 9.13 Å². The maximum atomic E-state index is 2.52. The van der Waals surface area contributed by atoms with Gasteiger partial charge >= 0.3 is 0 Å². The second-order valence-electron chi connectivity index (χ2n) is 12.1. The van der Waals surface area contributed by atoms with E-state index >= 15 is 0 Å². The van der Waals surface area contributed by atoms with E-state index in [9.17, 15) is 0 Å². The van der Waals surface area contributed by atoms with E-state index in [1.54, 1.807) is 0 Å². The van der Waals surface area contributed by atoms with Crippen molar-refractivity contribution in [2.24, 2.45) is 0 Å². The van der Waals surface area contributed by atoms with Crippen molar-refractivity contribution in [1.29, 1.82) is 0 Å². The molecule has 2 aromatic heterocycles. The summed E-state index contributed by atoms with van der Waals surface area (Å²) in [5, 5.41) is 5.04. The Bertz CT molecular complexity index is 2290. The average molecular weight is 709 g/mol. The largest absolute Gasteiger partial charge is 1.00 e. The van der Waals surface area contributed by atoms with Crippen LogP contribution in [-0.4, -0.2) is 15.3 Å². The Kier molecular flexibility index (Phi) is 6.96. The van der Waals surface area contributed by atoms with Crippen molar-refractivity contribution in [3.05, 3.63) is 157 Å². The zero-order valence-corrected chi connectivity index (χ0v) is 27.9. The van der Waals surface area contributed by atoms with Crippen LogP contribution < -0.4 is 33.8 Å². The fourth-order valence-electron chi connectivity index (χ4n) is 7.54. The number of nitrogens with one attached hydrogen (secondary N) is 1. The zero-order chi connectivity index (χ0) is 30.1. The molecule has 5 heteroatoms. The van der Waals surface area contributed by atoms with E-state index < -0.39 is 0 Å². The molecule has 0 radical (unpaired) electrons. The summed E-state index contributed by atoms with van der Waals surface area (Å²) in [7, 11) is 0. The number of halogens is 1. The Morgan fingerprint density at radius 2 is 1.02 bits per heavy atom. The maximum absolute atomic E-state index is 2.52. The summed E-state index contributed by atoms with van der Waals surface area (Å²) >= 11 is 0. The summed E-state index contributed by atoms with van der Waals surface area (Å²) in [5.41, 5.74) is 11.0. The van der Waals surface area contributed by atoms with Gasteiger partial charge in [0.25, 0.3) is 0 Å². The van der Waals surface area contributed by atoms with Crippen LogP contribution in [0.15, 0.2) is 152 Å². The van der Waals surface area contributed by atoms with Gasteiger partial charge in [-0.25, -0.2) is 0 Å². The minimum Gasteiger partial charge on any atom is -1.00 e. The van der Waals surface area contributed by atoms with E-state index in [0.717, 1.165) is 11.4 Å². The van der Waals surface area contributed by atoms with Gasteiger partial charge in [-0.1, -0.05) is 91.0 Å². The highest BCUT2D eigenvalue weighted by atomic mass is 127. The molecule has 4 nitrogen and oxygen atoms in total. The maximum Gasteiger partial charge on any atom is 0.173 e. The molecular weight excluding hydrogens is 675 g/mol. The number of para-hydroxylation sites is 5. The lowest BCUT2D eigenvalue weighted by Crippen LogP contribution is -3.06. The van der Waals surface area contributed by atoms with E-state index in [1.807, 2.05) is 0 Å². The van der Waals surface area contributed by atoms with Crippen LogP contribution in [0.5, 0.6) is 0 Å².